The van der Waals surface area contributed by atoms with Crippen molar-refractivity contribution < 1.29 is 14.4 Å². The molecule has 0 aliphatic carbocycles. The maximum absolute atomic E-state index is 11.6. The second-order valence-corrected chi connectivity index (χ2v) is 4.19. The number of nitrogen functional groups attached to an aromatic ring is 1. The van der Waals surface area contributed by atoms with Gasteiger partial charge in [-0.25, -0.2) is 4.98 Å². The molecule has 0 bridgehead atoms. The summed E-state index contributed by atoms with van der Waals surface area (Å²) in [6, 6.07) is 2.24. The van der Waals surface area contributed by atoms with E-state index in [1.807, 2.05) is 0 Å². The van der Waals surface area contributed by atoms with Gasteiger partial charge in [-0.1, -0.05) is 0 Å². The van der Waals surface area contributed by atoms with Crippen LogP contribution in [0.4, 0.5) is 11.5 Å². The van der Waals surface area contributed by atoms with Gasteiger partial charge < -0.3 is 16.4 Å². The molecule has 0 aromatic carbocycles. The predicted molar refractivity (Wildman–Crippen MR) is 67.1 cm³/mol. The van der Waals surface area contributed by atoms with Crippen LogP contribution in [0.15, 0.2) is 12.1 Å². The summed E-state index contributed by atoms with van der Waals surface area (Å²) in [6.07, 6.45) is 0. The quantitative estimate of drug-likeness (QED) is 0.563. The third kappa shape index (κ3) is 2.32. The zero-order valence-electron chi connectivity index (χ0n) is 10.2. The molecule has 2 heterocycles. The topological polar surface area (TPSA) is 131 Å². The first-order chi connectivity index (χ1) is 8.90. The first-order valence-electron chi connectivity index (χ1n) is 5.57. The minimum Gasteiger partial charge on any atom is -0.396 e. The molecule has 1 unspecified atom stereocenters. The van der Waals surface area contributed by atoms with Gasteiger partial charge in [-0.3, -0.25) is 19.7 Å². The minimum atomic E-state index is -0.707. The van der Waals surface area contributed by atoms with Gasteiger partial charge >= 0.3 is 0 Å². The van der Waals surface area contributed by atoms with E-state index in [-0.39, 0.29) is 23.7 Å². The van der Waals surface area contributed by atoms with Gasteiger partial charge in [0.25, 0.3) is 5.91 Å². The number of imide groups is 1. The van der Waals surface area contributed by atoms with E-state index in [0.29, 0.717) is 0 Å². The number of nitrogens with two attached hydrogens (primary N) is 2. The molecule has 1 aliphatic heterocycles. The number of hydrogen-bond acceptors (Lipinski definition) is 6. The molecule has 0 spiro atoms. The van der Waals surface area contributed by atoms with Crippen LogP contribution in [-0.4, -0.2) is 35.3 Å². The average molecular weight is 263 g/mol. The molecule has 2 rings (SSSR count). The van der Waals surface area contributed by atoms with Crippen molar-refractivity contribution in [2.75, 3.05) is 17.2 Å². The monoisotopic (exact) mass is 263 g/mol. The van der Waals surface area contributed by atoms with E-state index in [1.165, 1.54) is 17.0 Å². The number of rotatable bonds is 2. The Balaban J connectivity index is 2.44. The van der Waals surface area contributed by atoms with Crippen molar-refractivity contribution in [3.05, 3.63) is 17.8 Å². The second kappa shape index (κ2) is 4.56. The molecule has 1 aliphatic rings. The van der Waals surface area contributed by atoms with Crippen LogP contribution in [0.25, 0.3) is 0 Å². The summed E-state index contributed by atoms with van der Waals surface area (Å²) in [5, 5.41) is 2.21. The van der Waals surface area contributed by atoms with Crippen LogP contribution in [0.5, 0.6) is 0 Å². The van der Waals surface area contributed by atoms with Gasteiger partial charge in [0.2, 0.25) is 11.8 Å². The van der Waals surface area contributed by atoms with Gasteiger partial charge in [0.15, 0.2) is 5.82 Å². The fourth-order valence-corrected chi connectivity index (χ4v) is 1.80. The van der Waals surface area contributed by atoms with E-state index in [1.54, 1.807) is 6.92 Å². The van der Waals surface area contributed by atoms with Crippen LogP contribution in [-0.2, 0) is 9.59 Å². The summed E-state index contributed by atoms with van der Waals surface area (Å²) in [5.74, 6) is -1.40. The lowest BCUT2D eigenvalue weighted by molar-refractivity contribution is -0.132. The number of aromatic nitrogens is 1. The van der Waals surface area contributed by atoms with E-state index in [4.69, 9.17) is 11.5 Å². The Bertz CT molecular complexity index is 571. The van der Waals surface area contributed by atoms with Gasteiger partial charge in [0.1, 0.15) is 11.7 Å². The van der Waals surface area contributed by atoms with Crippen LogP contribution in [0.1, 0.15) is 17.4 Å². The normalized spacial score (nSPS) is 19.2. The SMILES string of the molecule is CC1C(=O)NC(=O)CN1c1nc(C(N)=O)ccc1N. The Morgan fingerprint density at radius 1 is 1.47 bits per heavy atom. The molecular weight excluding hydrogens is 250 g/mol. The van der Waals surface area contributed by atoms with E-state index in [2.05, 4.69) is 10.3 Å². The number of anilines is 2. The summed E-state index contributed by atoms with van der Waals surface area (Å²) < 4.78 is 0. The smallest absolute Gasteiger partial charge is 0.267 e. The summed E-state index contributed by atoms with van der Waals surface area (Å²) in [6.45, 7) is 1.55. The lowest BCUT2D eigenvalue weighted by atomic mass is 10.2. The van der Waals surface area contributed by atoms with E-state index >= 15 is 0 Å². The molecule has 8 heteroatoms. The lowest BCUT2D eigenvalue weighted by Crippen LogP contribution is -2.57. The van der Waals surface area contributed by atoms with Crippen LogP contribution < -0.4 is 21.7 Å². The highest BCUT2D eigenvalue weighted by atomic mass is 16.2. The Kier molecular flexibility index (Phi) is 3.07. The van der Waals surface area contributed by atoms with Crippen LogP contribution >= 0.6 is 0 Å². The Morgan fingerprint density at radius 2 is 2.16 bits per heavy atom. The number of nitrogens with zero attached hydrogens (tertiary/aromatic N) is 2. The summed E-state index contributed by atoms with van der Waals surface area (Å²) in [7, 11) is 0. The highest BCUT2D eigenvalue weighted by Gasteiger charge is 2.32. The molecule has 1 aromatic heterocycles. The molecule has 1 aromatic rings. The summed E-state index contributed by atoms with van der Waals surface area (Å²) in [4.78, 5) is 39.5. The number of nitrogens with one attached hydrogen (secondary N) is 1. The molecule has 0 radical (unpaired) electrons. The van der Waals surface area contributed by atoms with Crippen LogP contribution in [0.2, 0.25) is 0 Å². The standard InChI is InChI=1S/C11H13N5O3/c1-5-11(19)15-8(17)4-16(5)10-6(12)2-3-7(14-10)9(13)18/h2-3,5H,4,12H2,1H3,(H2,13,18)(H,15,17,19). The molecule has 1 atom stereocenters. The van der Waals surface area contributed by atoms with Gasteiger partial charge in [-0.05, 0) is 19.1 Å². The largest absolute Gasteiger partial charge is 0.396 e. The number of primary amides is 1. The molecule has 100 valence electrons. The van der Waals surface area contributed by atoms with Crippen molar-refractivity contribution in [1.82, 2.24) is 10.3 Å². The molecular formula is C11H13N5O3. The van der Waals surface area contributed by atoms with Gasteiger partial charge in [-0.15, -0.1) is 0 Å². The number of amides is 3. The Labute approximate surface area is 108 Å². The maximum atomic E-state index is 11.6. The lowest BCUT2D eigenvalue weighted by Gasteiger charge is -2.33. The van der Waals surface area contributed by atoms with E-state index in [0.717, 1.165) is 0 Å². The minimum absolute atomic E-state index is 0.0230. The summed E-state index contributed by atoms with van der Waals surface area (Å²) >= 11 is 0. The summed E-state index contributed by atoms with van der Waals surface area (Å²) in [5.41, 5.74) is 11.2. The van der Waals surface area contributed by atoms with Crippen LogP contribution in [0, 0.1) is 0 Å². The predicted octanol–water partition coefficient (Wildman–Crippen LogP) is -1.39. The van der Waals surface area contributed by atoms with Crippen molar-refractivity contribution >= 4 is 29.2 Å². The number of piperazine rings is 1. The molecule has 3 amide bonds. The molecule has 1 saturated heterocycles. The molecule has 0 saturated carbocycles. The number of hydrogen-bond donors (Lipinski definition) is 3. The number of carbonyl (C=O) groups is 3. The van der Waals surface area contributed by atoms with Crippen molar-refractivity contribution in [2.45, 2.75) is 13.0 Å². The third-order valence-electron chi connectivity index (χ3n) is 2.85. The van der Waals surface area contributed by atoms with Crippen molar-refractivity contribution in [3.8, 4) is 0 Å². The first kappa shape index (κ1) is 12.8. The van der Waals surface area contributed by atoms with Gasteiger partial charge in [0, 0.05) is 0 Å². The van der Waals surface area contributed by atoms with Gasteiger partial charge in [-0.2, -0.15) is 0 Å². The van der Waals surface area contributed by atoms with E-state index in [9.17, 15) is 14.4 Å². The fourth-order valence-electron chi connectivity index (χ4n) is 1.80. The second-order valence-electron chi connectivity index (χ2n) is 4.19. The van der Waals surface area contributed by atoms with E-state index < -0.39 is 23.8 Å². The molecule has 8 nitrogen and oxygen atoms in total. The number of pyridine rings is 1. The zero-order valence-corrected chi connectivity index (χ0v) is 10.2. The van der Waals surface area contributed by atoms with Crippen LogP contribution in [0.3, 0.4) is 0 Å². The molecule has 1 fully saturated rings. The maximum Gasteiger partial charge on any atom is 0.267 e. The van der Waals surface area contributed by atoms with Gasteiger partial charge in [0.05, 0.1) is 12.2 Å². The third-order valence-corrected chi connectivity index (χ3v) is 2.85. The fraction of sp³-hybridized carbons (Fsp3) is 0.273. The number of carbonyl (C=O) groups excluding carboxylic acids is 3. The molecule has 5 N–H and O–H groups in total. The average Bonchev–Trinajstić information content (AvgIpc) is 2.34. The van der Waals surface area contributed by atoms with Crippen molar-refractivity contribution in [1.29, 1.82) is 0 Å². The first-order valence-corrected chi connectivity index (χ1v) is 5.57. The van der Waals surface area contributed by atoms with Crippen molar-refractivity contribution in [2.24, 2.45) is 5.73 Å². The Hall–Kier alpha value is -2.64. The highest BCUT2D eigenvalue weighted by molar-refractivity contribution is 6.04. The molecule has 19 heavy (non-hydrogen) atoms. The Morgan fingerprint density at radius 3 is 2.79 bits per heavy atom. The zero-order chi connectivity index (χ0) is 14.2. The van der Waals surface area contributed by atoms with Crippen molar-refractivity contribution in [3.63, 3.8) is 0 Å². The highest BCUT2D eigenvalue weighted by Crippen LogP contribution is 2.24.